The summed E-state index contributed by atoms with van der Waals surface area (Å²) in [5.41, 5.74) is 5.95. The summed E-state index contributed by atoms with van der Waals surface area (Å²) < 4.78 is 27.1. The minimum absolute atomic E-state index is 0.0445. The summed E-state index contributed by atoms with van der Waals surface area (Å²) in [6, 6.07) is 5.35. The molecule has 7 heteroatoms. The highest BCUT2D eigenvalue weighted by Gasteiger charge is 2.11. The fraction of sp³-hybridized carbons (Fsp3) is 0. The van der Waals surface area contributed by atoms with Crippen LogP contribution >= 0.6 is 28.1 Å². The van der Waals surface area contributed by atoms with Gasteiger partial charge in [0.1, 0.15) is 22.4 Å². The van der Waals surface area contributed by atoms with Gasteiger partial charge in [0.15, 0.2) is 0 Å². The van der Waals surface area contributed by atoms with Gasteiger partial charge in [-0.1, -0.05) is 12.2 Å². The van der Waals surface area contributed by atoms with Crippen molar-refractivity contribution >= 4 is 44.6 Å². The van der Waals surface area contributed by atoms with Crippen LogP contribution in [0.1, 0.15) is 5.56 Å². The van der Waals surface area contributed by atoms with Gasteiger partial charge in [-0.05, 0) is 34.1 Å². The van der Waals surface area contributed by atoms with Gasteiger partial charge < -0.3 is 11.1 Å². The third-order valence-corrected chi connectivity index (χ3v) is 3.16. The highest BCUT2D eigenvalue weighted by atomic mass is 79.9. The van der Waals surface area contributed by atoms with Crippen molar-refractivity contribution < 1.29 is 8.78 Å². The molecule has 0 saturated heterocycles. The molecule has 0 aliphatic rings. The van der Waals surface area contributed by atoms with Crippen molar-refractivity contribution in [3.8, 4) is 0 Å². The molecule has 0 spiro atoms. The number of hydrogen-bond donors (Lipinski definition) is 2. The number of thiocarbonyl (C=S) groups is 1. The molecule has 0 bridgehead atoms. The van der Waals surface area contributed by atoms with Gasteiger partial charge in [0.2, 0.25) is 0 Å². The van der Waals surface area contributed by atoms with Gasteiger partial charge in [0, 0.05) is 12.3 Å². The van der Waals surface area contributed by atoms with Gasteiger partial charge >= 0.3 is 0 Å². The van der Waals surface area contributed by atoms with Crippen molar-refractivity contribution in [2.75, 3.05) is 5.32 Å². The first-order valence-corrected chi connectivity index (χ1v) is 6.35. The van der Waals surface area contributed by atoms with E-state index in [1.807, 2.05) is 0 Å². The Hall–Kier alpha value is -1.60. The lowest BCUT2D eigenvalue weighted by molar-refractivity contribution is 0.597. The molecule has 3 N–H and O–H groups in total. The first-order valence-electron chi connectivity index (χ1n) is 5.15. The van der Waals surface area contributed by atoms with E-state index in [1.54, 1.807) is 12.1 Å². The van der Waals surface area contributed by atoms with E-state index in [1.165, 1.54) is 6.20 Å². The molecule has 98 valence electrons. The maximum Gasteiger partial charge on any atom is 0.148 e. The maximum atomic E-state index is 13.7. The summed E-state index contributed by atoms with van der Waals surface area (Å²) in [5.74, 6) is -0.930. The first kappa shape index (κ1) is 13.8. The molecule has 3 nitrogen and oxygen atoms in total. The predicted octanol–water partition coefficient (Wildman–Crippen LogP) is 3.50. The maximum absolute atomic E-state index is 13.7. The zero-order valence-corrected chi connectivity index (χ0v) is 11.9. The van der Waals surface area contributed by atoms with Crippen LogP contribution in [-0.4, -0.2) is 9.97 Å². The lowest BCUT2D eigenvalue weighted by Crippen LogP contribution is -2.13. The number of hydrogen-bond acceptors (Lipinski definition) is 3. The van der Waals surface area contributed by atoms with E-state index in [4.69, 9.17) is 18.0 Å². The van der Waals surface area contributed by atoms with Crippen LogP contribution in [0.15, 0.2) is 34.9 Å². The van der Waals surface area contributed by atoms with E-state index in [0.29, 0.717) is 5.56 Å². The smallest absolute Gasteiger partial charge is 0.148 e. The molecule has 0 radical (unpaired) electrons. The third-order valence-electron chi connectivity index (χ3n) is 2.34. The molecule has 0 amide bonds. The van der Waals surface area contributed by atoms with Crippen molar-refractivity contribution in [3.63, 3.8) is 0 Å². The lowest BCUT2D eigenvalue weighted by atomic mass is 10.2. The number of nitrogens with two attached hydrogens (primary N) is 1. The minimum atomic E-state index is -0.618. The second-order valence-electron chi connectivity index (χ2n) is 3.63. The van der Waals surface area contributed by atoms with E-state index in [-0.39, 0.29) is 21.0 Å². The Kier molecular flexibility index (Phi) is 4.06. The number of benzene rings is 1. The molecule has 19 heavy (non-hydrogen) atoms. The zero-order valence-electron chi connectivity index (χ0n) is 9.45. The quantitative estimate of drug-likeness (QED) is 0.661. The standard InChI is InChI=1S/C12H8BrF2N3S/c13-7-4-9(15)10(5-8(7)14)18-12-6(11(16)19)2-1-3-17-12/h1-5H,(H2,16,19)(H,17,18). The van der Waals surface area contributed by atoms with Crippen LogP contribution in [0.3, 0.4) is 0 Å². The highest BCUT2D eigenvalue weighted by molar-refractivity contribution is 9.10. The minimum Gasteiger partial charge on any atom is -0.389 e. The summed E-state index contributed by atoms with van der Waals surface area (Å²) in [4.78, 5) is 4.13. The molecule has 1 aromatic carbocycles. The summed E-state index contributed by atoms with van der Waals surface area (Å²) in [6.07, 6.45) is 1.50. The molecular formula is C12H8BrF2N3S. The number of aromatic nitrogens is 1. The van der Waals surface area contributed by atoms with E-state index in [0.717, 1.165) is 12.1 Å². The Morgan fingerprint density at radius 2 is 2.05 bits per heavy atom. The summed E-state index contributed by atoms with van der Waals surface area (Å²) in [5, 5.41) is 2.68. The molecular weight excluding hydrogens is 336 g/mol. The Balaban J connectivity index is 2.42. The second kappa shape index (κ2) is 5.58. The average molecular weight is 344 g/mol. The van der Waals surface area contributed by atoms with Gasteiger partial charge in [-0.3, -0.25) is 0 Å². The Labute approximate surface area is 122 Å². The lowest BCUT2D eigenvalue weighted by Gasteiger charge is -2.11. The zero-order chi connectivity index (χ0) is 14.0. The molecule has 0 aliphatic heterocycles. The van der Waals surface area contributed by atoms with Gasteiger partial charge in [-0.25, -0.2) is 13.8 Å². The second-order valence-corrected chi connectivity index (χ2v) is 4.93. The largest absolute Gasteiger partial charge is 0.389 e. The van der Waals surface area contributed by atoms with Crippen LogP contribution < -0.4 is 11.1 Å². The molecule has 1 heterocycles. The highest BCUT2D eigenvalue weighted by Crippen LogP contribution is 2.26. The molecule has 0 fully saturated rings. The van der Waals surface area contributed by atoms with Crippen LogP contribution in [-0.2, 0) is 0 Å². The number of pyridine rings is 1. The van der Waals surface area contributed by atoms with Crippen LogP contribution in [0.25, 0.3) is 0 Å². The first-order chi connectivity index (χ1) is 8.99. The number of nitrogens with one attached hydrogen (secondary N) is 1. The van der Waals surface area contributed by atoms with E-state index in [9.17, 15) is 8.78 Å². The molecule has 0 unspecified atom stereocenters. The van der Waals surface area contributed by atoms with Gasteiger partial charge in [-0.2, -0.15) is 0 Å². The molecule has 0 saturated carbocycles. The van der Waals surface area contributed by atoms with Gasteiger partial charge in [-0.15, -0.1) is 0 Å². The van der Waals surface area contributed by atoms with Gasteiger partial charge in [0.05, 0.1) is 15.7 Å². The molecule has 2 rings (SSSR count). The van der Waals surface area contributed by atoms with Crippen LogP contribution in [0.2, 0.25) is 0 Å². The number of halogens is 3. The summed E-state index contributed by atoms with van der Waals surface area (Å²) in [7, 11) is 0. The monoisotopic (exact) mass is 343 g/mol. The molecule has 1 aromatic heterocycles. The van der Waals surface area contributed by atoms with E-state index in [2.05, 4.69) is 26.2 Å². The summed E-state index contributed by atoms with van der Waals surface area (Å²) in [6.45, 7) is 0. The van der Waals surface area contributed by atoms with Crippen LogP contribution in [0, 0.1) is 11.6 Å². The van der Waals surface area contributed by atoms with Crippen molar-refractivity contribution in [1.82, 2.24) is 4.98 Å². The predicted molar refractivity (Wildman–Crippen MR) is 77.5 cm³/mol. The van der Waals surface area contributed by atoms with Crippen molar-refractivity contribution in [3.05, 3.63) is 52.1 Å². The topological polar surface area (TPSA) is 50.9 Å². The number of anilines is 2. The Bertz CT molecular complexity index is 649. The van der Waals surface area contributed by atoms with Crippen molar-refractivity contribution in [2.24, 2.45) is 5.73 Å². The van der Waals surface area contributed by atoms with Crippen molar-refractivity contribution in [2.45, 2.75) is 0 Å². The molecule has 2 aromatic rings. The Morgan fingerprint density at radius 3 is 2.74 bits per heavy atom. The molecule has 0 aliphatic carbocycles. The fourth-order valence-electron chi connectivity index (χ4n) is 1.45. The Morgan fingerprint density at radius 1 is 1.32 bits per heavy atom. The van der Waals surface area contributed by atoms with Gasteiger partial charge in [0.25, 0.3) is 0 Å². The molecule has 0 atom stereocenters. The van der Waals surface area contributed by atoms with Crippen LogP contribution in [0.5, 0.6) is 0 Å². The number of nitrogens with zero attached hydrogens (tertiary/aromatic N) is 1. The SMILES string of the molecule is NC(=S)c1cccnc1Nc1cc(F)c(Br)cc1F. The number of rotatable bonds is 3. The normalized spacial score (nSPS) is 10.3. The van der Waals surface area contributed by atoms with E-state index >= 15 is 0 Å². The fourth-order valence-corrected chi connectivity index (χ4v) is 1.93. The third kappa shape index (κ3) is 3.05. The average Bonchev–Trinajstić information content (AvgIpc) is 2.36. The summed E-state index contributed by atoms with van der Waals surface area (Å²) >= 11 is 7.77. The van der Waals surface area contributed by atoms with Crippen molar-refractivity contribution in [1.29, 1.82) is 0 Å². The van der Waals surface area contributed by atoms with Crippen LogP contribution in [0.4, 0.5) is 20.3 Å². The van der Waals surface area contributed by atoms with E-state index < -0.39 is 11.6 Å².